The molecule has 6 N–H and O–H groups in total. The van der Waals surface area contributed by atoms with Crippen LogP contribution in [0.25, 0.3) is 0 Å². The number of hydrogen-bond donors (Lipinski definition) is 6. The first-order valence-electron chi connectivity index (χ1n) is 38.7. The first kappa shape index (κ1) is 83.4. The lowest BCUT2D eigenvalue weighted by molar-refractivity contribution is -0.302. The van der Waals surface area contributed by atoms with E-state index in [1.165, 1.54) is 321 Å². The normalized spacial score (nSPS) is 18.1. The summed E-state index contributed by atoms with van der Waals surface area (Å²) in [4.78, 5) is 13.2. The van der Waals surface area contributed by atoms with Crippen LogP contribution in [0.3, 0.4) is 0 Å². The van der Waals surface area contributed by atoms with Crippen LogP contribution >= 0.6 is 0 Å². The zero-order valence-electron chi connectivity index (χ0n) is 57.8. The van der Waals surface area contributed by atoms with Gasteiger partial charge in [0, 0.05) is 6.42 Å². The molecule has 1 fully saturated rings. The van der Waals surface area contributed by atoms with Crippen molar-refractivity contribution in [2.45, 2.75) is 442 Å². The van der Waals surface area contributed by atoms with Gasteiger partial charge in [-0.2, -0.15) is 0 Å². The summed E-state index contributed by atoms with van der Waals surface area (Å²) in [5.41, 5.74) is 0. The summed E-state index contributed by atoms with van der Waals surface area (Å²) in [6.07, 6.45) is 83.8. The molecule has 514 valence electrons. The molecule has 9 heteroatoms. The lowest BCUT2D eigenvalue weighted by Gasteiger charge is -2.40. The molecule has 1 aliphatic heterocycles. The fraction of sp³-hybridized carbons (Fsp3) is 0.910. The molecule has 87 heavy (non-hydrogen) atoms. The van der Waals surface area contributed by atoms with Gasteiger partial charge in [0.25, 0.3) is 0 Å². The van der Waals surface area contributed by atoms with Gasteiger partial charge in [0.05, 0.1) is 25.4 Å². The number of carbonyl (C=O) groups excluding carboxylic acids is 1. The second kappa shape index (κ2) is 67.3. The molecule has 1 heterocycles. The summed E-state index contributed by atoms with van der Waals surface area (Å²) < 4.78 is 11.4. The third-order valence-corrected chi connectivity index (χ3v) is 18.7. The van der Waals surface area contributed by atoms with Gasteiger partial charge in [-0.15, -0.1) is 0 Å². The fourth-order valence-electron chi connectivity index (χ4n) is 12.7. The molecule has 0 aliphatic carbocycles. The Morgan fingerprint density at radius 1 is 0.391 bits per heavy atom. The van der Waals surface area contributed by atoms with E-state index in [0.717, 1.165) is 51.4 Å². The summed E-state index contributed by atoms with van der Waals surface area (Å²) in [5, 5.41) is 55.1. The van der Waals surface area contributed by atoms with Crippen molar-refractivity contribution in [2.24, 2.45) is 0 Å². The predicted molar refractivity (Wildman–Crippen MR) is 373 cm³/mol. The van der Waals surface area contributed by atoms with Gasteiger partial charge in [0.1, 0.15) is 24.4 Å². The number of aliphatic hydroxyl groups is 5. The van der Waals surface area contributed by atoms with E-state index in [1.54, 1.807) is 0 Å². The van der Waals surface area contributed by atoms with Crippen molar-refractivity contribution in [2.75, 3.05) is 13.2 Å². The van der Waals surface area contributed by atoms with Crippen molar-refractivity contribution in [3.05, 3.63) is 36.5 Å². The Labute approximate surface area is 540 Å². The Balaban J connectivity index is 2.07. The van der Waals surface area contributed by atoms with Crippen LogP contribution < -0.4 is 5.32 Å². The van der Waals surface area contributed by atoms with Crippen LogP contribution in [-0.4, -0.2) is 87.5 Å². The van der Waals surface area contributed by atoms with Crippen LogP contribution in [0.5, 0.6) is 0 Å². The summed E-state index contributed by atoms with van der Waals surface area (Å²) in [6.45, 7) is 3.89. The molecule has 0 saturated carbocycles. The molecule has 7 atom stereocenters. The van der Waals surface area contributed by atoms with Crippen molar-refractivity contribution < 1.29 is 39.8 Å². The van der Waals surface area contributed by atoms with Crippen molar-refractivity contribution in [1.29, 1.82) is 0 Å². The number of unbranched alkanes of at least 4 members (excludes halogenated alkanes) is 53. The number of carbonyl (C=O) groups is 1. The second-order valence-electron chi connectivity index (χ2n) is 27.2. The molecule has 0 aromatic carbocycles. The summed E-state index contributed by atoms with van der Waals surface area (Å²) in [7, 11) is 0. The summed E-state index contributed by atoms with van der Waals surface area (Å²) in [5.74, 6) is -0.136. The standard InChI is InChI=1S/C78H149NO8/c1-3-5-7-9-11-13-15-17-19-21-23-25-27-29-31-33-35-36-38-40-42-44-46-48-50-52-54-56-58-60-62-64-66-68-74(82)79-71(70-86-78-77(85)76(84)75(83)73(69-80)87-78)72(81)67-65-63-61-59-57-55-53-51-49-47-45-43-41-39-37-34-32-30-28-26-24-22-20-18-16-14-12-10-8-6-4-2/h15,17,21,23,27,29,71-73,75-78,80-81,83-85H,3-14,16,18-20,22,24-26,28,30-70H2,1-2H3,(H,79,82)/b17-15-,23-21-,29-27-. The Morgan fingerprint density at radius 2 is 0.678 bits per heavy atom. The SMILES string of the molecule is CCCCCCC/C=C\C/C=C\C/C=C\CCCCCCCCCCCCCCCCCCCCC(=O)NC(COC1OC(CO)C(O)C(O)C1O)C(O)CCCCCCCCCCCCCCCCCCCCCCCCCCCCCCCCC. The van der Waals surface area contributed by atoms with Gasteiger partial charge in [0.15, 0.2) is 6.29 Å². The molecule has 0 aromatic heterocycles. The highest BCUT2D eigenvalue weighted by molar-refractivity contribution is 5.76. The van der Waals surface area contributed by atoms with Crippen LogP contribution in [0, 0.1) is 0 Å². The van der Waals surface area contributed by atoms with Gasteiger partial charge < -0.3 is 40.3 Å². The van der Waals surface area contributed by atoms with E-state index in [1.807, 2.05) is 0 Å². The van der Waals surface area contributed by atoms with Gasteiger partial charge in [-0.1, -0.05) is 378 Å². The zero-order valence-corrected chi connectivity index (χ0v) is 57.8. The van der Waals surface area contributed by atoms with Crippen molar-refractivity contribution in [1.82, 2.24) is 5.32 Å². The second-order valence-corrected chi connectivity index (χ2v) is 27.2. The maximum Gasteiger partial charge on any atom is 0.220 e. The topological polar surface area (TPSA) is 149 Å². The van der Waals surface area contributed by atoms with Gasteiger partial charge in [-0.05, 0) is 51.4 Å². The molecule has 7 unspecified atom stereocenters. The quantitative estimate of drug-likeness (QED) is 0.0261. The number of nitrogens with one attached hydrogen (secondary N) is 1. The van der Waals surface area contributed by atoms with Crippen LogP contribution in [-0.2, 0) is 14.3 Å². The predicted octanol–water partition coefficient (Wildman–Crippen LogP) is 21.8. The van der Waals surface area contributed by atoms with Gasteiger partial charge in [-0.25, -0.2) is 0 Å². The molecule has 1 saturated heterocycles. The summed E-state index contributed by atoms with van der Waals surface area (Å²) in [6, 6.07) is -0.720. The Bertz CT molecular complexity index is 1470. The van der Waals surface area contributed by atoms with E-state index in [0.29, 0.717) is 12.8 Å². The zero-order chi connectivity index (χ0) is 62.8. The Kier molecular flexibility index (Phi) is 64.5. The number of hydrogen-bond acceptors (Lipinski definition) is 8. The van der Waals surface area contributed by atoms with Crippen molar-refractivity contribution in [3.8, 4) is 0 Å². The monoisotopic (exact) mass is 1230 g/mol. The first-order chi connectivity index (χ1) is 42.8. The lowest BCUT2D eigenvalue weighted by atomic mass is 9.99. The number of rotatable bonds is 69. The molecule has 0 aromatic rings. The van der Waals surface area contributed by atoms with Gasteiger partial charge >= 0.3 is 0 Å². The average Bonchev–Trinajstić information content (AvgIpc) is 3.38. The number of ether oxygens (including phenoxy) is 2. The van der Waals surface area contributed by atoms with E-state index < -0.39 is 49.5 Å². The van der Waals surface area contributed by atoms with E-state index >= 15 is 0 Å². The molecular formula is C78H149NO8. The Morgan fingerprint density at radius 3 is 1.00 bits per heavy atom. The van der Waals surface area contributed by atoms with E-state index in [2.05, 4.69) is 55.6 Å². The maximum absolute atomic E-state index is 13.2. The minimum Gasteiger partial charge on any atom is -0.394 e. The number of amides is 1. The molecule has 0 bridgehead atoms. The molecule has 0 spiro atoms. The third-order valence-electron chi connectivity index (χ3n) is 18.7. The summed E-state index contributed by atoms with van der Waals surface area (Å²) >= 11 is 0. The molecule has 1 aliphatic rings. The van der Waals surface area contributed by atoms with Gasteiger partial charge in [0.2, 0.25) is 5.91 Å². The third kappa shape index (κ3) is 55.7. The minimum atomic E-state index is -1.55. The highest BCUT2D eigenvalue weighted by atomic mass is 16.7. The van der Waals surface area contributed by atoms with Crippen LogP contribution in [0.4, 0.5) is 0 Å². The minimum absolute atomic E-state index is 0.134. The average molecular weight is 1230 g/mol. The maximum atomic E-state index is 13.2. The molecule has 0 radical (unpaired) electrons. The number of aliphatic hydroxyl groups excluding tert-OH is 5. The lowest BCUT2D eigenvalue weighted by Crippen LogP contribution is -2.60. The van der Waals surface area contributed by atoms with E-state index in [4.69, 9.17) is 9.47 Å². The molecule has 1 amide bonds. The molecular weight excluding hydrogens is 1080 g/mol. The smallest absolute Gasteiger partial charge is 0.220 e. The van der Waals surface area contributed by atoms with Gasteiger partial charge in [-0.3, -0.25) is 4.79 Å². The molecule has 1 rings (SSSR count). The van der Waals surface area contributed by atoms with E-state index in [-0.39, 0.29) is 12.5 Å². The van der Waals surface area contributed by atoms with Crippen LogP contribution in [0.1, 0.15) is 399 Å². The van der Waals surface area contributed by atoms with Crippen LogP contribution in [0.2, 0.25) is 0 Å². The Hall–Kier alpha value is -1.59. The fourth-order valence-corrected chi connectivity index (χ4v) is 12.7. The first-order valence-corrected chi connectivity index (χ1v) is 38.7. The van der Waals surface area contributed by atoms with Crippen LogP contribution in [0.15, 0.2) is 36.5 Å². The highest BCUT2D eigenvalue weighted by Gasteiger charge is 2.44. The highest BCUT2D eigenvalue weighted by Crippen LogP contribution is 2.24. The molecule has 9 nitrogen and oxygen atoms in total. The van der Waals surface area contributed by atoms with Crippen molar-refractivity contribution in [3.63, 3.8) is 0 Å². The largest absolute Gasteiger partial charge is 0.394 e. The number of allylic oxidation sites excluding steroid dienone is 6. The van der Waals surface area contributed by atoms with E-state index in [9.17, 15) is 30.3 Å². The van der Waals surface area contributed by atoms with Crippen molar-refractivity contribution >= 4 is 5.91 Å².